The second kappa shape index (κ2) is 56.4. The zero-order valence-electron chi connectivity index (χ0n) is 2.84. The molecule has 0 saturated carbocycles. The van der Waals surface area contributed by atoms with Crippen molar-refractivity contribution in [3.8, 4) is 0 Å². The van der Waals surface area contributed by atoms with Crippen LogP contribution < -0.4 is 43.7 Å². The summed E-state index contributed by atoms with van der Waals surface area (Å²) in [6.45, 7) is 0. The fourth-order valence-electron chi connectivity index (χ4n) is 0. The van der Waals surface area contributed by atoms with Crippen molar-refractivity contribution in [2.24, 2.45) is 0 Å². The second-order valence-electron chi connectivity index (χ2n) is 0. The molecule has 0 radical (unpaired) electrons. The number of rotatable bonds is 0. The molecule has 0 bridgehead atoms. The van der Waals surface area contributed by atoms with Gasteiger partial charge in [0.05, 0.1) is 0 Å². The summed E-state index contributed by atoms with van der Waals surface area (Å²) >= 11 is 0. The predicted molar refractivity (Wildman–Crippen MR) is 8.54 cm³/mol. The van der Waals surface area contributed by atoms with Crippen molar-refractivity contribution in [1.82, 2.24) is 0 Å². The first-order chi connectivity index (χ1) is 0. The van der Waals surface area contributed by atoms with Crippen molar-refractivity contribution in [3.05, 3.63) is 0 Å². The van der Waals surface area contributed by atoms with Gasteiger partial charge in [0, 0.05) is 0 Å². The summed E-state index contributed by atoms with van der Waals surface area (Å²) < 4.78 is 0. The van der Waals surface area contributed by atoms with Gasteiger partial charge >= 0.3 is 47.2 Å². The summed E-state index contributed by atoms with van der Waals surface area (Å²) in [6, 6.07) is 0. The Kier molecular flexibility index (Phi) is 1140. The minimum absolute atomic E-state index is 0. The van der Waals surface area contributed by atoms with Crippen LogP contribution in [-0.2, 0) is 0 Å². The largest absolute Gasteiger partial charge is 1.00 e. The van der Waals surface area contributed by atoms with Gasteiger partial charge in [-0.15, -0.1) is 0 Å². The van der Waals surface area contributed by atoms with Crippen LogP contribution in [0.1, 0.15) is 0 Å². The molecule has 5 heteroatoms. The molecule has 0 rings (SSSR count). The van der Waals surface area contributed by atoms with Crippen molar-refractivity contribution >= 4 is 17.6 Å². The van der Waals surface area contributed by atoms with Gasteiger partial charge in [0.15, 0.2) is 0 Å². The molecule has 0 amide bonds. The van der Waals surface area contributed by atoms with E-state index in [4.69, 9.17) is 0 Å². The van der Waals surface area contributed by atoms with E-state index in [0.717, 1.165) is 0 Å². The maximum atomic E-state index is 0. The predicted octanol–water partition coefficient (Wildman–Crippen LogP) is -12.9. The van der Waals surface area contributed by atoms with E-state index in [1.54, 1.807) is 0 Å². The Hall–Kier alpha value is 1.33. The van der Waals surface area contributed by atoms with E-state index in [-0.39, 0.29) is 61.3 Å². The Morgan fingerprint density at radius 1 is 0.600 bits per heavy atom. The number of halogens is 3. The summed E-state index contributed by atoms with van der Waals surface area (Å²) in [7, 11) is 0. The van der Waals surface area contributed by atoms with Crippen LogP contribution in [0.25, 0.3) is 0 Å². The standard InChI is InChI=1S/3FH.GeH2.Na/h3*1H;1H2;/q;;;+2;+1/p-3. The maximum absolute atomic E-state index is 0. The third kappa shape index (κ3) is 33.3. The van der Waals surface area contributed by atoms with Gasteiger partial charge in [-0.05, 0) is 0 Å². The first kappa shape index (κ1) is 101. The van der Waals surface area contributed by atoms with Crippen molar-refractivity contribution in [3.63, 3.8) is 0 Å². The van der Waals surface area contributed by atoms with Crippen LogP contribution in [0.15, 0.2) is 0 Å². The molecule has 0 spiro atoms. The van der Waals surface area contributed by atoms with E-state index < -0.39 is 0 Å². The fraction of sp³-hybridized carbons (Fsp3) is 0. The van der Waals surface area contributed by atoms with E-state index in [9.17, 15) is 0 Å². The summed E-state index contributed by atoms with van der Waals surface area (Å²) in [5, 5.41) is 0. The Bertz CT molecular complexity index is 6.85. The summed E-state index contributed by atoms with van der Waals surface area (Å²) in [6.07, 6.45) is 0. The van der Waals surface area contributed by atoms with Crippen LogP contribution in [0.3, 0.4) is 0 Å². The average molecular weight is 155 g/mol. The molecule has 0 aromatic heterocycles. The SMILES string of the molecule is [F-].[F-].[F-].[GeH2+2].[Na+]. The van der Waals surface area contributed by atoms with Crippen molar-refractivity contribution in [2.45, 2.75) is 0 Å². The van der Waals surface area contributed by atoms with Gasteiger partial charge < -0.3 is 14.1 Å². The van der Waals surface area contributed by atoms with E-state index in [1.165, 1.54) is 0 Å². The molecule has 0 aliphatic rings. The maximum Gasteiger partial charge on any atom is 1.00 e. The van der Waals surface area contributed by atoms with E-state index in [2.05, 4.69) is 0 Å². The Balaban J connectivity index is 0. The second-order valence-corrected chi connectivity index (χ2v) is 0. The van der Waals surface area contributed by atoms with Gasteiger partial charge in [-0.3, -0.25) is 0 Å². The van der Waals surface area contributed by atoms with Crippen LogP contribution in [-0.4, -0.2) is 17.6 Å². The molecule has 0 N–H and O–H groups in total. The van der Waals surface area contributed by atoms with E-state index in [0.29, 0.717) is 0 Å². The molecule has 0 atom stereocenters. The van der Waals surface area contributed by atoms with Crippen LogP contribution in [0.5, 0.6) is 0 Å². The Morgan fingerprint density at radius 3 is 0.600 bits per heavy atom. The fourth-order valence-corrected chi connectivity index (χ4v) is 0. The molecule has 0 saturated heterocycles. The van der Waals surface area contributed by atoms with Crippen LogP contribution in [0, 0.1) is 0 Å². The number of hydrogen-bond donors (Lipinski definition) is 0. The third-order valence-corrected chi connectivity index (χ3v) is 0. The Labute approximate surface area is 61.1 Å². The van der Waals surface area contributed by atoms with Crippen molar-refractivity contribution in [1.29, 1.82) is 0 Å². The minimum atomic E-state index is 0. The molecule has 28 valence electrons. The Morgan fingerprint density at radius 2 is 0.600 bits per heavy atom. The van der Waals surface area contributed by atoms with Gasteiger partial charge in [-0.25, -0.2) is 0 Å². The monoisotopic (exact) mass is 156 g/mol. The smallest absolute Gasteiger partial charge is 1.00 e. The average Bonchev–Trinajstić information content (AvgIpc) is 0. The zero-order chi connectivity index (χ0) is 0. The topological polar surface area (TPSA) is 0 Å². The van der Waals surface area contributed by atoms with E-state index >= 15 is 0 Å². The summed E-state index contributed by atoms with van der Waals surface area (Å²) in [5.41, 5.74) is 0. The van der Waals surface area contributed by atoms with E-state index in [1.807, 2.05) is 0 Å². The van der Waals surface area contributed by atoms with Gasteiger partial charge in [-0.2, -0.15) is 0 Å². The van der Waals surface area contributed by atoms with Crippen LogP contribution in [0.2, 0.25) is 0 Å². The third-order valence-electron chi connectivity index (χ3n) is 0. The van der Waals surface area contributed by atoms with Gasteiger partial charge in [0.2, 0.25) is 0 Å². The molecular weight excluding hydrogens is 153 g/mol. The molecule has 0 aromatic carbocycles. The quantitative estimate of drug-likeness (QED) is 0.304. The number of hydrogen-bond acceptors (Lipinski definition) is 0. The summed E-state index contributed by atoms with van der Waals surface area (Å²) in [4.78, 5) is 0. The van der Waals surface area contributed by atoms with Gasteiger partial charge in [-0.1, -0.05) is 0 Å². The molecule has 5 heavy (non-hydrogen) atoms. The molecule has 0 heterocycles. The first-order valence-electron chi connectivity index (χ1n) is 0. The van der Waals surface area contributed by atoms with Gasteiger partial charge in [0.1, 0.15) is 0 Å². The molecule has 0 aliphatic heterocycles. The van der Waals surface area contributed by atoms with Crippen LogP contribution >= 0.6 is 0 Å². The molecular formula is H2F3GeNa. The van der Waals surface area contributed by atoms with Crippen LogP contribution in [0.4, 0.5) is 0 Å². The molecule has 0 aliphatic carbocycles. The van der Waals surface area contributed by atoms with Crippen molar-refractivity contribution in [2.75, 3.05) is 0 Å². The summed E-state index contributed by atoms with van der Waals surface area (Å²) in [5.74, 6) is 0. The molecule has 0 fully saturated rings. The minimum Gasteiger partial charge on any atom is 1.00 e. The van der Waals surface area contributed by atoms with Gasteiger partial charge in [0.25, 0.3) is 0 Å². The first-order valence-corrected chi connectivity index (χ1v) is 0. The molecule has 0 nitrogen and oxygen atoms in total. The van der Waals surface area contributed by atoms with Crippen molar-refractivity contribution < 1.29 is 43.7 Å². The molecule has 0 aromatic rings. The normalized spacial score (nSPS) is 0. The molecule has 0 unspecified atom stereocenters. The zero-order valence-corrected chi connectivity index (χ0v) is 7.81.